The van der Waals surface area contributed by atoms with Gasteiger partial charge in [0.05, 0.1) is 4.90 Å². The molecule has 0 aliphatic carbocycles. The van der Waals surface area contributed by atoms with Crippen LogP contribution in [0.4, 0.5) is 4.79 Å². The molecule has 0 bridgehead atoms. The Labute approximate surface area is 135 Å². The summed E-state index contributed by atoms with van der Waals surface area (Å²) in [7, 11) is -3.72. The van der Waals surface area contributed by atoms with Crippen molar-refractivity contribution >= 4 is 16.1 Å². The summed E-state index contributed by atoms with van der Waals surface area (Å²) >= 11 is 0. The number of amides is 1. The van der Waals surface area contributed by atoms with Crippen LogP contribution < -0.4 is 10.5 Å². The summed E-state index contributed by atoms with van der Waals surface area (Å²) in [5.41, 5.74) is 1.67. The molecule has 0 saturated carbocycles. The van der Waals surface area contributed by atoms with E-state index in [1.165, 1.54) is 12.1 Å². The Hall–Kier alpha value is -2.38. The first-order valence-corrected chi connectivity index (χ1v) is 8.56. The number of nitrogens with two attached hydrogens (primary N) is 1. The summed E-state index contributed by atoms with van der Waals surface area (Å²) < 4.78 is 27.6. The van der Waals surface area contributed by atoms with Crippen molar-refractivity contribution in [1.82, 2.24) is 5.32 Å². The van der Waals surface area contributed by atoms with Crippen LogP contribution in [0.2, 0.25) is 0 Å². The summed E-state index contributed by atoms with van der Waals surface area (Å²) in [4.78, 5) is 11.6. The summed E-state index contributed by atoms with van der Waals surface area (Å²) in [6.07, 6.45) is -0.0412. The van der Waals surface area contributed by atoms with Crippen LogP contribution in [0.25, 0.3) is 0 Å². The number of hydrogen-bond donors (Lipinski definition) is 2. The second-order valence-electron chi connectivity index (χ2n) is 4.93. The molecule has 0 aliphatic rings. The fourth-order valence-electron chi connectivity index (χ4n) is 1.96. The van der Waals surface area contributed by atoms with E-state index in [2.05, 4.69) is 5.32 Å². The molecule has 2 rings (SSSR count). The molecule has 0 unspecified atom stereocenters. The lowest BCUT2D eigenvalue weighted by Gasteiger charge is -2.08. The van der Waals surface area contributed by atoms with Crippen molar-refractivity contribution in [1.29, 1.82) is 0 Å². The minimum atomic E-state index is -3.72. The van der Waals surface area contributed by atoms with E-state index in [9.17, 15) is 13.2 Å². The van der Waals surface area contributed by atoms with Crippen LogP contribution >= 0.6 is 0 Å². The van der Waals surface area contributed by atoms with Crippen molar-refractivity contribution in [2.45, 2.75) is 17.9 Å². The smallest absolute Gasteiger partial charge is 0.407 e. The van der Waals surface area contributed by atoms with Crippen molar-refractivity contribution in [3.63, 3.8) is 0 Å². The molecule has 2 aromatic rings. The van der Waals surface area contributed by atoms with Crippen molar-refractivity contribution in [3.8, 4) is 0 Å². The first kappa shape index (κ1) is 17.0. The van der Waals surface area contributed by atoms with Gasteiger partial charge in [-0.2, -0.15) is 0 Å². The number of rotatable bonds is 6. The molecule has 3 N–H and O–H groups in total. The average Bonchev–Trinajstić information content (AvgIpc) is 2.53. The number of nitrogens with one attached hydrogen (secondary N) is 1. The largest absolute Gasteiger partial charge is 0.445 e. The van der Waals surface area contributed by atoms with Crippen molar-refractivity contribution in [3.05, 3.63) is 65.7 Å². The molecule has 0 radical (unpaired) electrons. The maximum Gasteiger partial charge on any atom is 0.407 e. The molecule has 1 amide bonds. The predicted octanol–water partition coefficient (Wildman–Crippen LogP) is 1.80. The second kappa shape index (κ2) is 7.75. The molecule has 0 spiro atoms. The van der Waals surface area contributed by atoms with Crippen LogP contribution in [0.15, 0.2) is 59.5 Å². The zero-order chi connectivity index (χ0) is 16.7. The Morgan fingerprint density at radius 1 is 1.04 bits per heavy atom. The zero-order valence-electron chi connectivity index (χ0n) is 12.4. The van der Waals surface area contributed by atoms with Crippen LogP contribution in [-0.4, -0.2) is 21.1 Å². The quantitative estimate of drug-likeness (QED) is 0.841. The predicted molar refractivity (Wildman–Crippen MR) is 86.1 cm³/mol. The molecule has 0 fully saturated rings. The molecule has 0 aliphatic heterocycles. The number of benzene rings is 2. The average molecular weight is 334 g/mol. The van der Waals surface area contributed by atoms with E-state index in [1.54, 1.807) is 12.1 Å². The van der Waals surface area contributed by atoms with E-state index in [0.717, 1.165) is 11.1 Å². The summed E-state index contributed by atoms with van der Waals surface area (Å²) in [6.45, 7) is 0.537. The van der Waals surface area contributed by atoms with Crippen LogP contribution in [0.5, 0.6) is 0 Å². The van der Waals surface area contributed by atoms with Gasteiger partial charge in [-0.1, -0.05) is 42.5 Å². The van der Waals surface area contributed by atoms with Gasteiger partial charge in [-0.15, -0.1) is 0 Å². The van der Waals surface area contributed by atoms with Crippen LogP contribution in [0, 0.1) is 0 Å². The highest BCUT2D eigenvalue weighted by molar-refractivity contribution is 7.89. The van der Waals surface area contributed by atoms with Gasteiger partial charge in [-0.25, -0.2) is 18.4 Å². The van der Waals surface area contributed by atoms with Crippen molar-refractivity contribution in [2.75, 3.05) is 6.54 Å². The number of sulfonamides is 1. The lowest BCUT2D eigenvalue weighted by atomic mass is 10.1. The number of ether oxygens (including phenoxy) is 1. The van der Waals surface area contributed by atoms with Gasteiger partial charge in [0.1, 0.15) is 6.61 Å². The third kappa shape index (κ3) is 5.72. The summed E-state index contributed by atoms with van der Waals surface area (Å²) in [6, 6.07) is 15.7. The fraction of sp³-hybridized carbons (Fsp3) is 0.188. The number of hydrogen-bond acceptors (Lipinski definition) is 4. The number of alkyl carbamates (subject to hydrolysis) is 1. The third-order valence-electron chi connectivity index (χ3n) is 3.12. The van der Waals surface area contributed by atoms with E-state index in [1.807, 2.05) is 30.3 Å². The molecule has 2 aromatic carbocycles. The molecular weight excluding hydrogens is 316 g/mol. The minimum Gasteiger partial charge on any atom is -0.445 e. The Balaban J connectivity index is 1.77. The zero-order valence-corrected chi connectivity index (χ0v) is 13.3. The molecule has 23 heavy (non-hydrogen) atoms. The SMILES string of the molecule is NS(=O)(=O)c1cccc(CCNC(=O)OCc2ccccc2)c1. The lowest BCUT2D eigenvalue weighted by molar-refractivity contribution is 0.140. The van der Waals surface area contributed by atoms with Gasteiger partial charge >= 0.3 is 6.09 Å². The van der Waals surface area contributed by atoms with E-state index < -0.39 is 16.1 Å². The highest BCUT2D eigenvalue weighted by Crippen LogP contribution is 2.10. The van der Waals surface area contributed by atoms with E-state index in [4.69, 9.17) is 9.88 Å². The Bertz CT molecular complexity index is 761. The number of primary sulfonamides is 1. The maximum atomic E-state index is 11.6. The fourth-order valence-corrected chi connectivity index (χ4v) is 2.54. The van der Waals surface area contributed by atoms with Gasteiger partial charge in [0.15, 0.2) is 0 Å². The van der Waals surface area contributed by atoms with Gasteiger partial charge in [-0.3, -0.25) is 0 Å². The van der Waals surface area contributed by atoms with Crippen LogP contribution in [-0.2, 0) is 27.8 Å². The standard InChI is InChI=1S/C16H18N2O4S/c17-23(20,21)15-8-4-7-13(11-15)9-10-18-16(19)22-12-14-5-2-1-3-6-14/h1-8,11H,9-10,12H2,(H,18,19)(H2,17,20,21). The van der Waals surface area contributed by atoms with Gasteiger partial charge in [0.2, 0.25) is 10.0 Å². The van der Waals surface area contributed by atoms with Crippen LogP contribution in [0.3, 0.4) is 0 Å². The summed E-state index contributed by atoms with van der Waals surface area (Å²) in [5.74, 6) is 0. The Morgan fingerprint density at radius 3 is 2.43 bits per heavy atom. The summed E-state index contributed by atoms with van der Waals surface area (Å²) in [5, 5.41) is 7.70. The van der Waals surface area contributed by atoms with Gasteiger partial charge in [-0.05, 0) is 29.7 Å². The Morgan fingerprint density at radius 2 is 1.74 bits per heavy atom. The maximum absolute atomic E-state index is 11.6. The molecule has 7 heteroatoms. The number of carbonyl (C=O) groups is 1. The highest BCUT2D eigenvalue weighted by atomic mass is 32.2. The molecule has 0 aromatic heterocycles. The van der Waals surface area contributed by atoms with E-state index >= 15 is 0 Å². The first-order valence-electron chi connectivity index (χ1n) is 7.01. The van der Waals surface area contributed by atoms with Gasteiger partial charge < -0.3 is 10.1 Å². The minimum absolute atomic E-state index is 0.0571. The van der Waals surface area contributed by atoms with Crippen molar-refractivity contribution in [2.24, 2.45) is 5.14 Å². The molecule has 0 heterocycles. The molecule has 0 atom stereocenters. The number of carbonyl (C=O) groups excluding carboxylic acids is 1. The molecule has 122 valence electrons. The third-order valence-corrected chi connectivity index (χ3v) is 4.03. The van der Waals surface area contributed by atoms with Gasteiger partial charge in [0.25, 0.3) is 0 Å². The molecule has 0 saturated heterocycles. The molecular formula is C16H18N2O4S. The van der Waals surface area contributed by atoms with E-state index in [-0.39, 0.29) is 11.5 Å². The second-order valence-corrected chi connectivity index (χ2v) is 6.49. The van der Waals surface area contributed by atoms with E-state index in [0.29, 0.717) is 13.0 Å². The lowest BCUT2D eigenvalue weighted by Crippen LogP contribution is -2.26. The normalized spacial score (nSPS) is 11.0. The highest BCUT2D eigenvalue weighted by Gasteiger charge is 2.08. The monoisotopic (exact) mass is 334 g/mol. The molecule has 6 nitrogen and oxygen atoms in total. The first-order chi connectivity index (χ1) is 10.9. The Kier molecular flexibility index (Phi) is 5.72. The van der Waals surface area contributed by atoms with Crippen LogP contribution in [0.1, 0.15) is 11.1 Å². The van der Waals surface area contributed by atoms with Gasteiger partial charge in [0, 0.05) is 6.54 Å². The topological polar surface area (TPSA) is 98.5 Å². The van der Waals surface area contributed by atoms with Crippen molar-refractivity contribution < 1.29 is 17.9 Å².